The maximum Gasteiger partial charge on any atom is 0.334 e. The second kappa shape index (κ2) is 6.16. The number of hydrogen-bond acceptors (Lipinski definition) is 5. The number of sulfonamides is 1. The molecule has 0 radical (unpaired) electrons. The van der Waals surface area contributed by atoms with E-state index in [9.17, 15) is 18.0 Å². The molecule has 1 fully saturated rings. The van der Waals surface area contributed by atoms with E-state index in [-0.39, 0.29) is 5.57 Å². The van der Waals surface area contributed by atoms with E-state index in [2.05, 4.69) is 6.58 Å². The van der Waals surface area contributed by atoms with E-state index in [1.165, 1.54) is 4.31 Å². The minimum atomic E-state index is -3.21. The molecule has 1 aliphatic heterocycles. The maximum atomic E-state index is 11.5. The molecule has 0 aliphatic carbocycles. The molecule has 1 aliphatic rings. The van der Waals surface area contributed by atoms with Crippen LogP contribution >= 0.6 is 0 Å². The first kappa shape index (κ1) is 15.6. The molecule has 0 bridgehead atoms. The smallest absolute Gasteiger partial charge is 0.334 e. The summed E-state index contributed by atoms with van der Waals surface area (Å²) in [6.45, 7) is 3.94. The molecule has 7 nitrogen and oxygen atoms in total. The maximum absolute atomic E-state index is 11.5. The van der Waals surface area contributed by atoms with Gasteiger partial charge in [0.05, 0.1) is 12.7 Å². The van der Waals surface area contributed by atoms with Crippen LogP contribution in [0.4, 0.5) is 0 Å². The van der Waals surface area contributed by atoms with Gasteiger partial charge < -0.3 is 9.84 Å². The Morgan fingerprint density at radius 2 is 1.89 bits per heavy atom. The highest BCUT2D eigenvalue weighted by molar-refractivity contribution is 7.88. The fraction of sp³-hybridized carbons (Fsp3) is 0.636. The van der Waals surface area contributed by atoms with E-state index in [1.807, 2.05) is 0 Å². The average molecular weight is 291 g/mol. The molecule has 8 heteroatoms. The molecule has 1 rings (SSSR count). The SMILES string of the molecule is C=C(CC(=O)O)C(=O)OC1CCN(S(C)(=O)=O)CC1. The van der Waals surface area contributed by atoms with Crippen LogP contribution in [0.1, 0.15) is 19.3 Å². The van der Waals surface area contributed by atoms with Crippen molar-refractivity contribution >= 4 is 22.0 Å². The normalized spacial score (nSPS) is 17.9. The number of hydrogen-bond donors (Lipinski definition) is 1. The predicted molar refractivity (Wildman–Crippen MR) is 66.9 cm³/mol. The Bertz CT molecular complexity index is 475. The number of carbonyl (C=O) groups is 2. The van der Waals surface area contributed by atoms with Crippen LogP contribution in [0, 0.1) is 0 Å². The predicted octanol–water partition coefficient (Wildman–Crippen LogP) is -0.0155. The molecule has 0 amide bonds. The quantitative estimate of drug-likeness (QED) is 0.564. The third-order valence-electron chi connectivity index (χ3n) is 2.80. The third-order valence-corrected chi connectivity index (χ3v) is 4.10. The molecule has 0 aromatic rings. The van der Waals surface area contributed by atoms with Crippen molar-refractivity contribution < 1.29 is 27.9 Å². The second-order valence-electron chi connectivity index (χ2n) is 4.44. The molecule has 108 valence electrons. The van der Waals surface area contributed by atoms with E-state index in [4.69, 9.17) is 9.84 Å². The van der Waals surface area contributed by atoms with Gasteiger partial charge in [-0.15, -0.1) is 0 Å². The van der Waals surface area contributed by atoms with Gasteiger partial charge >= 0.3 is 11.9 Å². The van der Waals surface area contributed by atoms with Crippen molar-refractivity contribution in [3.05, 3.63) is 12.2 Å². The first-order valence-electron chi connectivity index (χ1n) is 5.76. The summed E-state index contributed by atoms with van der Waals surface area (Å²) < 4.78 is 29.0. The molecular weight excluding hydrogens is 274 g/mol. The lowest BCUT2D eigenvalue weighted by Crippen LogP contribution is -2.40. The van der Waals surface area contributed by atoms with E-state index in [1.54, 1.807) is 0 Å². The Balaban J connectivity index is 2.43. The van der Waals surface area contributed by atoms with Crippen molar-refractivity contribution in [3.63, 3.8) is 0 Å². The molecule has 0 atom stereocenters. The van der Waals surface area contributed by atoms with Crippen molar-refractivity contribution in [2.75, 3.05) is 19.3 Å². The molecule has 1 saturated heterocycles. The summed E-state index contributed by atoms with van der Waals surface area (Å²) in [5.41, 5.74) is -0.113. The molecule has 0 unspecified atom stereocenters. The summed E-state index contributed by atoms with van der Waals surface area (Å²) in [7, 11) is -3.21. The molecular formula is C11H17NO6S. The lowest BCUT2D eigenvalue weighted by molar-refractivity contribution is -0.148. The number of esters is 1. The summed E-state index contributed by atoms with van der Waals surface area (Å²) in [6.07, 6.45) is 1.09. The number of piperidine rings is 1. The Labute approximate surface area is 111 Å². The lowest BCUT2D eigenvalue weighted by Gasteiger charge is -2.29. The molecule has 0 saturated carbocycles. The number of carbonyl (C=O) groups excluding carboxylic acids is 1. The average Bonchev–Trinajstić information content (AvgIpc) is 2.27. The van der Waals surface area contributed by atoms with Crippen LogP contribution in [0.25, 0.3) is 0 Å². The Hall–Kier alpha value is -1.41. The molecule has 1 heterocycles. The summed E-state index contributed by atoms with van der Waals surface area (Å²) in [5, 5.41) is 8.52. The Morgan fingerprint density at radius 1 is 1.37 bits per heavy atom. The first-order valence-corrected chi connectivity index (χ1v) is 7.60. The van der Waals surface area contributed by atoms with Gasteiger partial charge in [0, 0.05) is 18.7 Å². The van der Waals surface area contributed by atoms with E-state index in [0.29, 0.717) is 25.9 Å². The summed E-state index contributed by atoms with van der Waals surface area (Å²) in [6, 6.07) is 0. The van der Waals surface area contributed by atoms with Crippen molar-refractivity contribution in [2.45, 2.75) is 25.4 Å². The largest absolute Gasteiger partial charge is 0.481 e. The molecule has 0 aromatic carbocycles. The van der Waals surface area contributed by atoms with Gasteiger partial charge in [-0.25, -0.2) is 17.5 Å². The van der Waals surface area contributed by atoms with Crippen LogP contribution in [0.5, 0.6) is 0 Å². The summed E-state index contributed by atoms with van der Waals surface area (Å²) >= 11 is 0. The van der Waals surface area contributed by atoms with Crippen molar-refractivity contribution in [1.82, 2.24) is 4.31 Å². The van der Waals surface area contributed by atoms with Crippen LogP contribution < -0.4 is 0 Å². The number of rotatable bonds is 5. The highest BCUT2D eigenvalue weighted by atomic mass is 32.2. The van der Waals surface area contributed by atoms with Crippen LogP contribution in [-0.4, -0.2) is 55.2 Å². The van der Waals surface area contributed by atoms with Crippen LogP contribution in [0.2, 0.25) is 0 Å². The number of carboxylic acids is 1. The van der Waals surface area contributed by atoms with Gasteiger partial charge in [0.2, 0.25) is 10.0 Å². The number of carboxylic acid groups (broad SMARTS) is 1. The zero-order chi connectivity index (χ0) is 14.6. The van der Waals surface area contributed by atoms with Gasteiger partial charge in [-0.05, 0) is 12.8 Å². The number of nitrogens with zero attached hydrogens (tertiary/aromatic N) is 1. The topological polar surface area (TPSA) is 101 Å². The van der Waals surface area contributed by atoms with Crippen LogP contribution in [0.3, 0.4) is 0 Å². The van der Waals surface area contributed by atoms with Gasteiger partial charge in [0.25, 0.3) is 0 Å². The number of ether oxygens (including phenoxy) is 1. The van der Waals surface area contributed by atoms with E-state index in [0.717, 1.165) is 6.26 Å². The van der Waals surface area contributed by atoms with Gasteiger partial charge in [0.15, 0.2) is 0 Å². The van der Waals surface area contributed by atoms with Gasteiger partial charge in [-0.2, -0.15) is 0 Å². The minimum Gasteiger partial charge on any atom is -0.481 e. The van der Waals surface area contributed by atoms with Crippen LogP contribution in [0.15, 0.2) is 12.2 Å². The van der Waals surface area contributed by atoms with Gasteiger partial charge in [0.1, 0.15) is 6.10 Å². The molecule has 0 spiro atoms. The van der Waals surface area contributed by atoms with Crippen LogP contribution in [-0.2, 0) is 24.3 Å². The Morgan fingerprint density at radius 3 is 2.32 bits per heavy atom. The third kappa shape index (κ3) is 4.99. The zero-order valence-electron chi connectivity index (χ0n) is 10.7. The summed E-state index contributed by atoms with van der Waals surface area (Å²) in [4.78, 5) is 21.9. The summed E-state index contributed by atoms with van der Waals surface area (Å²) in [5.74, 6) is -1.88. The van der Waals surface area contributed by atoms with Crippen molar-refractivity contribution in [2.24, 2.45) is 0 Å². The highest BCUT2D eigenvalue weighted by Crippen LogP contribution is 2.17. The van der Waals surface area contributed by atoms with Gasteiger partial charge in [-0.1, -0.05) is 6.58 Å². The first-order chi connectivity index (χ1) is 8.70. The zero-order valence-corrected chi connectivity index (χ0v) is 11.5. The fourth-order valence-electron chi connectivity index (χ4n) is 1.77. The molecule has 19 heavy (non-hydrogen) atoms. The van der Waals surface area contributed by atoms with E-state index >= 15 is 0 Å². The fourth-order valence-corrected chi connectivity index (χ4v) is 2.65. The standard InChI is InChI=1S/C11H17NO6S/c1-8(7-10(13)14)11(15)18-9-3-5-12(6-4-9)19(2,16)17/h9H,1,3-7H2,2H3,(H,13,14). The molecule has 1 N–H and O–H groups in total. The van der Waals surface area contributed by atoms with E-state index < -0.39 is 34.5 Å². The molecule has 0 aromatic heterocycles. The van der Waals surface area contributed by atoms with Gasteiger partial charge in [-0.3, -0.25) is 4.79 Å². The minimum absolute atomic E-state index is 0.113. The van der Waals surface area contributed by atoms with Crippen molar-refractivity contribution in [1.29, 1.82) is 0 Å². The monoisotopic (exact) mass is 291 g/mol. The highest BCUT2D eigenvalue weighted by Gasteiger charge is 2.27. The lowest BCUT2D eigenvalue weighted by atomic mass is 10.1. The second-order valence-corrected chi connectivity index (χ2v) is 6.42. The Kier molecular flexibility index (Phi) is 5.07. The number of aliphatic carboxylic acids is 1. The van der Waals surface area contributed by atoms with Crippen molar-refractivity contribution in [3.8, 4) is 0 Å².